The van der Waals surface area contributed by atoms with Gasteiger partial charge in [-0.1, -0.05) is 66.7 Å². The molecule has 1 aliphatic heterocycles. The first-order valence-corrected chi connectivity index (χ1v) is 10.7. The average Bonchev–Trinajstić information content (AvgIpc) is 3.10. The molecule has 0 spiro atoms. The zero-order valence-electron chi connectivity index (χ0n) is 18.5. The standard InChI is InChI=1S/C27H25NO5/c1-3-33-21-15-14-20(16-22(21)32-2)24-23(25(29)19-12-8-5-9-13-19)26(30)27(31)28(24)17-18-10-6-4-7-11-18/h4-16,24,29H,3,17H2,1-2H3. The number of hydrogen-bond donors (Lipinski definition) is 1. The van der Waals surface area contributed by atoms with E-state index >= 15 is 0 Å². The van der Waals surface area contributed by atoms with Crippen molar-refractivity contribution < 1.29 is 24.2 Å². The smallest absolute Gasteiger partial charge is 0.295 e. The van der Waals surface area contributed by atoms with Gasteiger partial charge in [0.1, 0.15) is 5.76 Å². The van der Waals surface area contributed by atoms with Crippen molar-refractivity contribution in [1.29, 1.82) is 0 Å². The van der Waals surface area contributed by atoms with Crippen LogP contribution in [-0.4, -0.2) is 35.4 Å². The molecule has 1 saturated heterocycles. The maximum Gasteiger partial charge on any atom is 0.295 e. The Balaban J connectivity index is 1.87. The number of Topliss-reactive ketones (excluding diaryl/α,β-unsaturated/α-hetero) is 1. The minimum absolute atomic E-state index is 0.0494. The Hall–Kier alpha value is -4.06. The number of benzene rings is 3. The van der Waals surface area contributed by atoms with E-state index in [1.807, 2.05) is 43.3 Å². The summed E-state index contributed by atoms with van der Waals surface area (Å²) in [6.07, 6.45) is 0. The van der Waals surface area contributed by atoms with E-state index < -0.39 is 17.7 Å². The Morgan fingerprint density at radius 3 is 2.24 bits per heavy atom. The van der Waals surface area contributed by atoms with Crippen molar-refractivity contribution in [3.8, 4) is 11.5 Å². The fourth-order valence-corrected chi connectivity index (χ4v) is 4.05. The Morgan fingerprint density at radius 2 is 1.61 bits per heavy atom. The van der Waals surface area contributed by atoms with E-state index in [0.717, 1.165) is 5.56 Å². The van der Waals surface area contributed by atoms with Crippen molar-refractivity contribution in [2.24, 2.45) is 0 Å². The SMILES string of the molecule is CCOc1ccc(C2C(=C(O)c3ccccc3)C(=O)C(=O)N2Cc2ccccc2)cc1OC. The highest BCUT2D eigenvalue weighted by Gasteiger charge is 2.46. The van der Waals surface area contributed by atoms with Crippen LogP contribution in [0.4, 0.5) is 0 Å². The molecule has 6 nitrogen and oxygen atoms in total. The topological polar surface area (TPSA) is 76.1 Å². The molecule has 0 aromatic heterocycles. The van der Waals surface area contributed by atoms with Crippen LogP contribution >= 0.6 is 0 Å². The van der Waals surface area contributed by atoms with E-state index in [1.54, 1.807) is 42.5 Å². The number of hydrogen-bond acceptors (Lipinski definition) is 5. The fraction of sp³-hybridized carbons (Fsp3) is 0.185. The molecular weight excluding hydrogens is 418 g/mol. The summed E-state index contributed by atoms with van der Waals surface area (Å²) in [6.45, 7) is 2.56. The third-order valence-corrected chi connectivity index (χ3v) is 5.59. The Labute approximate surface area is 192 Å². The molecule has 0 bridgehead atoms. The molecule has 3 aromatic rings. The van der Waals surface area contributed by atoms with Crippen LogP contribution < -0.4 is 9.47 Å². The van der Waals surface area contributed by atoms with Gasteiger partial charge in [0.25, 0.3) is 11.7 Å². The summed E-state index contributed by atoms with van der Waals surface area (Å²) in [5.41, 5.74) is 2.04. The van der Waals surface area contributed by atoms with Gasteiger partial charge in [0.2, 0.25) is 0 Å². The molecule has 168 valence electrons. The summed E-state index contributed by atoms with van der Waals surface area (Å²) in [5, 5.41) is 11.1. The van der Waals surface area contributed by atoms with E-state index in [0.29, 0.717) is 29.2 Å². The lowest BCUT2D eigenvalue weighted by atomic mass is 9.95. The van der Waals surface area contributed by atoms with Gasteiger partial charge in [0.15, 0.2) is 11.5 Å². The molecule has 1 amide bonds. The second kappa shape index (κ2) is 9.61. The number of aliphatic hydroxyl groups is 1. The predicted octanol–water partition coefficient (Wildman–Crippen LogP) is 4.72. The van der Waals surface area contributed by atoms with E-state index in [1.165, 1.54) is 12.0 Å². The molecule has 1 aliphatic rings. The number of ether oxygens (including phenoxy) is 2. The van der Waals surface area contributed by atoms with Gasteiger partial charge in [-0.25, -0.2) is 0 Å². The first-order chi connectivity index (χ1) is 16.0. The number of carbonyl (C=O) groups excluding carboxylic acids is 2. The van der Waals surface area contributed by atoms with Gasteiger partial charge in [0, 0.05) is 12.1 Å². The number of likely N-dealkylation sites (tertiary alicyclic amines) is 1. The van der Waals surface area contributed by atoms with E-state index in [2.05, 4.69) is 0 Å². The highest BCUT2D eigenvalue weighted by Crippen LogP contribution is 2.42. The molecule has 6 heteroatoms. The van der Waals surface area contributed by atoms with Gasteiger partial charge in [-0.2, -0.15) is 0 Å². The van der Waals surface area contributed by atoms with Crippen LogP contribution in [0.25, 0.3) is 5.76 Å². The van der Waals surface area contributed by atoms with Crippen molar-refractivity contribution in [3.05, 3.63) is 101 Å². The molecular formula is C27H25NO5. The van der Waals surface area contributed by atoms with Crippen LogP contribution in [0.2, 0.25) is 0 Å². The summed E-state index contributed by atoms with van der Waals surface area (Å²) in [5.74, 6) is -0.534. The maximum atomic E-state index is 13.2. The number of amides is 1. The zero-order chi connectivity index (χ0) is 23.4. The maximum absolute atomic E-state index is 13.2. The van der Waals surface area contributed by atoms with E-state index in [-0.39, 0.29) is 17.9 Å². The quantitative estimate of drug-likeness (QED) is 0.325. The van der Waals surface area contributed by atoms with Gasteiger partial charge in [-0.3, -0.25) is 9.59 Å². The van der Waals surface area contributed by atoms with Crippen molar-refractivity contribution in [3.63, 3.8) is 0 Å². The van der Waals surface area contributed by atoms with Gasteiger partial charge < -0.3 is 19.5 Å². The molecule has 0 aliphatic carbocycles. The number of methoxy groups -OCH3 is 1. The first kappa shape index (κ1) is 22.1. The molecule has 1 unspecified atom stereocenters. The Bertz CT molecular complexity index is 1190. The Morgan fingerprint density at radius 1 is 0.939 bits per heavy atom. The van der Waals surface area contributed by atoms with Gasteiger partial charge >= 0.3 is 0 Å². The fourth-order valence-electron chi connectivity index (χ4n) is 4.05. The lowest BCUT2D eigenvalue weighted by Gasteiger charge is -2.26. The summed E-state index contributed by atoms with van der Waals surface area (Å²) in [6, 6.07) is 22.7. The number of aliphatic hydroxyl groups excluding tert-OH is 1. The van der Waals surface area contributed by atoms with Crippen molar-refractivity contribution in [2.45, 2.75) is 19.5 Å². The zero-order valence-corrected chi connectivity index (χ0v) is 18.5. The summed E-state index contributed by atoms with van der Waals surface area (Å²) in [7, 11) is 1.53. The number of ketones is 1. The van der Waals surface area contributed by atoms with Crippen molar-refractivity contribution >= 4 is 17.4 Å². The molecule has 1 heterocycles. The molecule has 1 fully saturated rings. The van der Waals surface area contributed by atoms with Crippen LogP contribution in [-0.2, 0) is 16.1 Å². The van der Waals surface area contributed by atoms with Gasteiger partial charge in [-0.05, 0) is 30.2 Å². The molecule has 0 radical (unpaired) electrons. The van der Waals surface area contributed by atoms with Crippen LogP contribution in [0, 0.1) is 0 Å². The number of carbonyl (C=O) groups is 2. The Kier molecular flexibility index (Phi) is 6.45. The second-order valence-corrected chi connectivity index (χ2v) is 7.62. The van der Waals surface area contributed by atoms with Gasteiger partial charge in [-0.15, -0.1) is 0 Å². The van der Waals surface area contributed by atoms with Crippen LogP contribution in [0.5, 0.6) is 11.5 Å². The van der Waals surface area contributed by atoms with Gasteiger partial charge in [0.05, 0.1) is 25.3 Å². The third-order valence-electron chi connectivity index (χ3n) is 5.59. The summed E-state index contributed by atoms with van der Waals surface area (Å²) in [4.78, 5) is 27.8. The minimum atomic E-state index is -0.782. The largest absolute Gasteiger partial charge is 0.507 e. The van der Waals surface area contributed by atoms with E-state index in [4.69, 9.17) is 9.47 Å². The summed E-state index contributed by atoms with van der Waals surface area (Å²) >= 11 is 0. The lowest BCUT2D eigenvalue weighted by Crippen LogP contribution is -2.29. The lowest BCUT2D eigenvalue weighted by molar-refractivity contribution is -0.140. The monoisotopic (exact) mass is 443 g/mol. The highest BCUT2D eigenvalue weighted by atomic mass is 16.5. The molecule has 3 aromatic carbocycles. The molecule has 0 saturated carbocycles. The molecule has 1 N–H and O–H groups in total. The molecule has 1 atom stereocenters. The minimum Gasteiger partial charge on any atom is -0.507 e. The molecule has 4 rings (SSSR count). The first-order valence-electron chi connectivity index (χ1n) is 10.7. The summed E-state index contributed by atoms with van der Waals surface area (Å²) < 4.78 is 11.1. The van der Waals surface area contributed by atoms with Crippen LogP contribution in [0.3, 0.4) is 0 Å². The molecule has 33 heavy (non-hydrogen) atoms. The van der Waals surface area contributed by atoms with Crippen molar-refractivity contribution in [2.75, 3.05) is 13.7 Å². The van der Waals surface area contributed by atoms with Crippen LogP contribution in [0.1, 0.15) is 29.7 Å². The average molecular weight is 443 g/mol. The van der Waals surface area contributed by atoms with E-state index in [9.17, 15) is 14.7 Å². The highest BCUT2D eigenvalue weighted by molar-refractivity contribution is 6.46. The number of rotatable bonds is 7. The van der Waals surface area contributed by atoms with Crippen molar-refractivity contribution in [1.82, 2.24) is 4.90 Å². The van der Waals surface area contributed by atoms with Crippen LogP contribution in [0.15, 0.2) is 84.4 Å². The predicted molar refractivity (Wildman–Crippen MR) is 125 cm³/mol. The normalized spacial score (nSPS) is 17.3. The third kappa shape index (κ3) is 4.32. The number of nitrogens with zero attached hydrogens (tertiary/aromatic N) is 1. The second-order valence-electron chi connectivity index (χ2n) is 7.62.